The SMILES string of the molecule is CCCCSCCn1cc(N)ccc1=O. The van der Waals surface area contributed by atoms with Gasteiger partial charge >= 0.3 is 0 Å². The number of anilines is 1. The van der Waals surface area contributed by atoms with Gasteiger partial charge < -0.3 is 10.3 Å². The first kappa shape index (κ1) is 12.2. The molecule has 4 heteroatoms. The number of hydrogen-bond acceptors (Lipinski definition) is 3. The van der Waals surface area contributed by atoms with Gasteiger partial charge in [-0.05, 0) is 18.2 Å². The highest BCUT2D eigenvalue weighted by atomic mass is 32.2. The van der Waals surface area contributed by atoms with E-state index in [0.29, 0.717) is 5.69 Å². The Kier molecular flexibility index (Phi) is 5.32. The second-order valence-corrected chi connectivity index (χ2v) is 4.68. The first-order valence-electron chi connectivity index (χ1n) is 5.27. The maximum Gasteiger partial charge on any atom is 0.250 e. The molecule has 15 heavy (non-hydrogen) atoms. The van der Waals surface area contributed by atoms with Crippen LogP contribution in [-0.2, 0) is 6.54 Å². The van der Waals surface area contributed by atoms with E-state index in [0.717, 1.165) is 12.3 Å². The number of rotatable bonds is 6. The van der Waals surface area contributed by atoms with Crippen LogP contribution in [0.3, 0.4) is 0 Å². The minimum absolute atomic E-state index is 0.0280. The minimum atomic E-state index is 0.0280. The van der Waals surface area contributed by atoms with Crippen LogP contribution in [0, 0.1) is 0 Å². The maximum absolute atomic E-state index is 11.4. The van der Waals surface area contributed by atoms with Gasteiger partial charge in [-0.3, -0.25) is 4.79 Å². The zero-order valence-electron chi connectivity index (χ0n) is 9.11. The Morgan fingerprint density at radius 2 is 2.20 bits per heavy atom. The Morgan fingerprint density at radius 3 is 2.93 bits per heavy atom. The van der Waals surface area contributed by atoms with Gasteiger partial charge in [0.25, 0.3) is 5.56 Å². The van der Waals surface area contributed by atoms with Gasteiger partial charge in [0, 0.05) is 30.2 Å². The maximum atomic E-state index is 11.4. The van der Waals surface area contributed by atoms with Crippen LogP contribution in [0.4, 0.5) is 5.69 Å². The zero-order chi connectivity index (χ0) is 11.1. The van der Waals surface area contributed by atoms with Crippen LogP contribution in [0.25, 0.3) is 0 Å². The number of nitrogens with two attached hydrogens (primary N) is 1. The summed E-state index contributed by atoms with van der Waals surface area (Å²) < 4.78 is 1.67. The largest absolute Gasteiger partial charge is 0.398 e. The monoisotopic (exact) mass is 226 g/mol. The summed E-state index contributed by atoms with van der Waals surface area (Å²) in [6.07, 6.45) is 4.18. The van der Waals surface area contributed by atoms with Gasteiger partial charge in [-0.2, -0.15) is 11.8 Å². The molecule has 0 atom stereocenters. The topological polar surface area (TPSA) is 48.0 Å². The highest BCUT2D eigenvalue weighted by Crippen LogP contribution is 2.05. The fourth-order valence-corrected chi connectivity index (χ4v) is 2.26. The fourth-order valence-electron chi connectivity index (χ4n) is 1.24. The molecule has 0 aliphatic heterocycles. The van der Waals surface area contributed by atoms with E-state index in [2.05, 4.69) is 6.92 Å². The number of aryl methyl sites for hydroxylation is 1. The van der Waals surface area contributed by atoms with E-state index >= 15 is 0 Å². The molecule has 1 aromatic heterocycles. The molecule has 0 spiro atoms. The molecule has 0 aliphatic rings. The summed E-state index contributed by atoms with van der Waals surface area (Å²) >= 11 is 1.89. The molecule has 0 saturated carbocycles. The van der Waals surface area contributed by atoms with Gasteiger partial charge in [0.15, 0.2) is 0 Å². The van der Waals surface area contributed by atoms with E-state index < -0.39 is 0 Å². The molecule has 0 radical (unpaired) electrons. The summed E-state index contributed by atoms with van der Waals surface area (Å²) in [5, 5.41) is 0. The first-order valence-corrected chi connectivity index (χ1v) is 6.43. The molecule has 84 valence electrons. The molecule has 0 unspecified atom stereocenters. The van der Waals surface area contributed by atoms with Gasteiger partial charge in [-0.25, -0.2) is 0 Å². The van der Waals surface area contributed by atoms with Crippen LogP contribution >= 0.6 is 11.8 Å². The van der Waals surface area contributed by atoms with Crippen LogP contribution in [0.2, 0.25) is 0 Å². The summed E-state index contributed by atoms with van der Waals surface area (Å²) in [5.41, 5.74) is 6.29. The molecule has 1 rings (SSSR count). The Morgan fingerprint density at radius 1 is 1.40 bits per heavy atom. The lowest BCUT2D eigenvalue weighted by molar-refractivity contribution is 0.736. The average Bonchev–Trinajstić information content (AvgIpc) is 2.23. The van der Waals surface area contributed by atoms with Crippen LogP contribution in [-0.4, -0.2) is 16.1 Å². The third-order valence-corrected chi connectivity index (χ3v) is 3.17. The molecule has 0 saturated heterocycles. The van der Waals surface area contributed by atoms with Crippen molar-refractivity contribution in [3.8, 4) is 0 Å². The molecule has 2 N–H and O–H groups in total. The van der Waals surface area contributed by atoms with E-state index in [1.165, 1.54) is 24.7 Å². The van der Waals surface area contributed by atoms with Gasteiger partial charge in [0.2, 0.25) is 0 Å². The summed E-state index contributed by atoms with van der Waals surface area (Å²) in [5.74, 6) is 2.15. The molecule has 0 aliphatic carbocycles. The predicted molar refractivity (Wildman–Crippen MR) is 67.3 cm³/mol. The Balaban J connectivity index is 2.37. The smallest absolute Gasteiger partial charge is 0.250 e. The van der Waals surface area contributed by atoms with Crippen LogP contribution in [0.1, 0.15) is 19.8 Å². The Labute approximate surface area is 94.7 Å². The van der Waals surface area contributed by atoms with Crippen molar-refractivity contribution in [3.63, 3.8) is 0 Å². The van der Waals surface area contributed by atoms with Crippen LogP contribution in [0.5, 0.6) is 0 Å². The van der Waals surface area contributed by atoms with Crippen molar-refractivity contribution < 1.29 is 0 Å². The molecule has 1 aromatic rings. The standard InChI is InChI=1S/C11H18N2OS/c1-2-3-7-15-8-6-13-9-10(12)4-5-11(13)14/h4-5,9H,2-3,6-8,12H2,1H3. The fraction of sp³-hybridized carbons (Fsp3) is 0.545. The van der Waals surface area contributed by atoms with Crippen molar-refractivity contribution in [2.75, 3.05) is 17.2 Å². The number of aromatic nitrogens is 1. The molecule has 0 aromatic carbocycles. The molecule has 0 fully saturated rings. The van der Waals surface area contributed by atoms with E-state index in [1.807, 2.05) is 11.8 Å². The zero-order valence-corrected chi connectivity index (χ0v) is 9.93. The quantitative estimate of drug-likeness (QED) is 0.754. The lowest BCUT2D eigenvalue weighted by Crippen LogP contribution is -2.20. The van der Waals surface area contributed by atoms with Gasteiger partial charge in [-0.1, -0.05) is 13.3 Å². The van der Waals surface area contributed by atoms with E-state index in [4.69, 9.17) is 5.73 Å². The number of thioether (sulfide) groups is 1. The normalized spacial score (nSPS) is 10.5. The van der Waals surface area contributed by atoms with E-state index in [9.17, 15) is 4.79 Å². The molecular formula is C11H18N2OS. The van der Waals surface area contributed by atoms with Crippen molar-refractivity contribution in [2.24, 2.45) is 0 Å². The second-order valence-electron chi connectivity index (χ2n) is 3.46. The lowest BCUT2D eigenvalue weighted by Gasteiger charge is -2.05. The number of nitrogens with zero attached hydrogens (tertiary/aromatic N) is 1. The summed E-state index contributed by atoms with van der Waals surface area (Å²) in [6.45, 7) is 2.93. The van der Waals surface area contributed by atoms with Crippen LogP contribution < -0.4 is 11.3 Å². The van der Waals surface area contributed by atoms with Gasteiger partial charge in [0.1, 0.15) is 0 Å². The van der Waals surface area contributed by atoms with Crippen molar-refractivity contribution in [3.05, 3.63) is 28.7 Å². The van der Waals surface area contributed by atoms with Gasteiger partial charge in [0.05, 0.1) is 0 Å². The molecule has 3 nitrogen and oxygen atoms in total. The number of nitrogen functional groups attached to an aromatic ring is 1. The summed E-state index contributed by atoms with van der Waals surface area (Å²) in [6, 6.07) is 3.16. The summed E-state index contributed by atoms with van der Waals surface area (Å²) in [7, 11) is 0. The van der Waals surface area contributed by atoms with E-state index in [-0.39, 0.29) is 5.56 Å². The minimum Gasteiger partial charge on any atom is -0.398 e. The summed E-state index contributed by atoms with van der Waals surface area (Å²) in [4.78, 5) is 11.4. The van der Waals surface area contributed by atoms with E-state index in [1.54, 1.807) is 16.8 Å². The number of hydrogen-bond donors (Lipinski definition) is 1. The van der Waals surface area contributed by atoms with Crippen molar-refractivity contribution in [2.45, 2.75) is 26.3 Å². The molecule has 0 amide bonds. The predicted octanol–water partition coefficient (Wildman–Crippen LogP) is 1.96. The molecular weight excluding hydrogens is 208 g/mol. The number of pyridine rings is 1. The number of unbranched alkanes of at least 4 members (excludes halogenated alkanes) is 1. The molecule has 1 heterocycles. The first-order chi connectivity index (χ1) is 7.24. The Bertz CT molecular complexity index is 349. The third-order valence-electron chi connectivity index (χ3n) is 2.13. The molecule has 0 bridgehead atoms. The average molecular weight is 226 g/mol. The van der Waals surface area contributed by atoms with Crippen LogP contribution in [0.15, 0.2) is 23.1 Å². The van der Waals surface area contributed by atoms with Crippen molar-refractivity contribution >= 4 is 17.4 Å². The van der Waals surface area contributed by atoms with Crippen molar-refractivity contribution in [1.82, 2.24) is 4.57 Å². The Hall–Kier alpha value is -0.900. The van der Waals surface area contributed by atoms with Gasteiger partial charge in [-0.15, -0.1) is 0 Å². The second kappa shape index (κ2) is 6.56. The van der Waals surface area contributed by atoms with Crippen molar-refractivity contribution in [1.29, 1.82) is 0 Å². The highest BCUT2D eigenvalue weighted by Gasteiger charge is 1.96. The third kappa shape index (κ3) is 4.42. The lowest BCUT2D eigenvalue weighted by atomic mass is 10.4. The highest BCUT2D eigenvalue weighted by molar-refractivity contribution is 7.99.